The number of hydrogen-bond donors (Lipinski definition) is 1. The van der Waals surface area contributed by atoms with Gasteiger partial charge in [0.05, 0.1) is 28.5 Å². The number of nitrogens with zero attached hydrogens (tertiary/aromatic N) is 3. The topological polar surface area (TPSA) is 31.2 Å². The minimum absolute atomic E-state index is 0.574. The van der Waals surface area contributed by atoms with Crippen molar-refractivity contribution < 1.29 is 4.58 Å². The molecule has 4 nitrogen and oxygen atoms in total. The summed E-state index contributed by atoms with van der Waals surface area (Å²) in [5.74, 6) is 2.09. The van der Waals surface area contributed by atoms with Gasteiger partial charge in [-0.25, -0.2) is 14.9 Å². The molecule has 1 aliphatic heterocycles. The Bertz CT molecular complexity index is 1040. The Kier molecular flexibility index (Phi) is 4.94. The number of aromatic nitrogens is 1. The Morgan fingerprint density at radius 2 is 1.85 bits per heavy atom. The largest absolute Gasteiger partial charge is 0.363 e. The number of para-hydroxylation sites is 1. The highest BCUT2D eigenvalue weighted by molar-refractivity contribution is 6.42. The van der Waals surface area contributed by atoms with Gasteiger partial charge in [-0.05, 0) is 30.7 Å². The van der Waals surface area contributed by atoms with Crippen molar-refractivity contribution in [1.29, 1.82) is 0 Å². The number of hydrogen-bond acceptors (Lipinski definition) is 3. The maximum Gasteiger partial charge on any atom is 0.255 e. The van der Waals surface area contributed by atoms with E-state index in [1.165, 1.54) is 0 Å². The first-order chi connectivity index (χ1) is 13.0. The van der Waals surface area contributed by atoms with Gasteiger partial charge in [-0.15, -0.1) is 0 Å². The summed E-state index contributed by atoms with van der Waals surface area (Å²) in [7, 11) is 4.01. The van der Waals surface area contributed by atoms with Crippen molar-refractivity contribution in [2.75, 3.05) is 30.9 Å². The standard InChI is InChI=1S/C21H20Cl2N4/c1-26(2)21-13-19(15-6-3-4-7-18(15)24-21)25-20-8-5-11-27(20)14-9-10-16(22)17(23)12-14/h3-4,6-7,9-10,12-13H,5,8,11H2,1-2H3/p+1. The van der Waals surface area contributed by atoms with E-state index in [1.54, 1.807) is 0 Å². The first-order valence-corrected chi connectivity index (χ1v) is 9.71. The van der Waals surface area contributed by atoms with Crippen LogP contribution in [0.3, 0.4) is 0 Å². The van der Waals surface area contributed by atoms with Crippen molar-refractivity contribution in [2.45, 2.75) is 12.8 Å². The second kappa shape index (κ2) is 7.37. The van der Waals surface area contributed by atoms with E-state index in [1.807, 2.05) is 55.4 Å². The monoisotopic (exact) mass is 399 g/mol. The Balaban J connectivity index is 1.79. The van der Waals surface area contributed by atoms with Crippen molar-refractivity contribution in [3.8, 4) is 0 Å². The Labute approximate surface area is 169 Å². The van der Waals surface area contributed by atoms with E-state index in [0.717, 1.165) is 53.3 Å². The van der Waals surface area contributed by atoms with Crippen LogP contribution in [0.1, 0.15) is 12.8 Å². The molecule has 0 amide bonds. The van der Waals surface area contributed by atoms with E-state index >= 15 is 0 Å². The molecule has 0 radical (unpaired) electrons. The fraction of sp³-hybridized carbons (Fsp3) is 0.238. The van der Waals surface area contributed by atoms with Gasteiger partial charge in [0.15, 0.2) is 0 Å². The van der Waals surface area contributed by atoms with E-state index in [0.29, 0.717) is 10.0 Å². The maximum atomic E-state index is 6.23. The van der Waals surface area contributed by atoms with Crippen LogP contribution in [0.15, 0.2) is 48.5 Å². The predicted molar refractivity (Wildman–Crippen MR) is 115 cm³/mol. The summed E-state index contributed by atoms with van der Waals surface area (Å²) >= 11 is 12.3. The number of nitrogens with one attached hydrogen (secondary N) is 1. The molecular weight excluding hydrogens is 379 g/mol. The van der Waals surface area contributed by atoms with Crippen LogP contribution in [0.2, 0.25) is 10.0 Å². The first-order valence-electron chi connectivity index (χ1n) is 8.95. The average molecular weight is 400 g/mol. The zero-order valence-corrected chi connectivity index (χ0v) is 16.8. The van der Waals surface area contributed by atoms with Crippen LogP contribution in [0.5, 0.6) is 0 Å². The van der Waals surface area contributed by atoms with E-state index in [4.69, 9.17) is 28.2 Å². The molecule has 0 atom stereocenters. The number of fused-ring (bicyclic) bond motifs is 1. The third-order valence-electron chi connectivity index (χ3n) is 4.78. The van der Waals surface area contributed by atoms with E-state index in [2.05, 4.69) is 22.0 Å². The number of benzene rings is 2. The lowest BCUT2D eigenvalue weighted by Crippen LogP contribution is -2.19. The summed E-state index contributed by atoms with van der Waals surface area (Å²) in [6.07, 6.45) is 2.07. The molecule has 0 saturated heterocycles. The van der Waals surface area contributed by atoms with Crippen LogP contribution >= 0.6 is 23.2 Å². The van der Waals surface area contributed by atoms with Gasteiger partial charge in [0.2, 0.25) is 0 Å². The van der Waals surface area contributed by atoms with Crippen molar-refractivity contribution in [3.63, 3.8) is 0 Å². The van der Waals surface area contributed by atoms with Gasteiger partial charge in [-0.1, -0.05) is 35.3 Å². The predicted octanol–water partition coefficient (Wildman–Crippen LogP) is 5.56. The molecule has 3 aromatic rings. The van der Waals surface area contributed by atoms with E-state index in [-0.39, 0.29) is 0 Å². The van der Waals surface area contributed by atoms with Crippen LogP contribution < -0.4 is 10.2 Å². The molecule has 138 valence electrons. The number of halogens is 2. The quantitative estimate of drug-likeness (QED) is 0.585. The molecule has 2 heterocycles. The zero-order chi connectivity index (χ0) is 19.0. The molecule has 0 saturated carbocycles. The van der Waals surface area contributed by atoms with E-state index in [9.17, 15) is 0 Å². The van der Waals surface area contributed by atoms with Gasteiger partial charge in [-0.2, -0.15) is 0 Å². The highest BCUT2D eigenvalue weighted by Gasteiger charge is 2.24. The Morgan fingerprint density at radius 1 is 1.04 bits per heavy atom. The SMILES string of the molecule is CN(C)c1cc(NC2=[N+](c3ccc(Cl)c(Cl)c3)CCC2)c2ccccc2n1. The van der Waals surface area contributed by atoms with Crippen LogP contribution in [-0.2, 0) is 0 Å². The van der Waals surface area contributed by atoms with Gasteiger partial charge >= 0.3 is 0 Å². The summed E-state index contributed by atoms with van der Waals surface area (Å²) < 4.78 is 2.27. The summed E-state index contributed by atoms with van der Waals surface area (Å²) in [5.41, 5.74) is 3.09. The van der Waals surface area contributed by atoms with Crippen LogP contribution in [0.4, 0.5) is 17.2 Å². The van der Waals surface area contributed by atoms with Crippen molar-refractivity contribution >= 4 is 57.1 Å². The van der Waals surface area contributed by atoms with Gasteiger partial charge in [-0.3, -0.25) is 0 Å². The van der Waals surface area contributed by atoms with Crippen molar-refractivity contribution in [3.05, 3.63) is 58.6 Å². The zero-order valence-electron chi connectivity index (χ0n) is 15.3. The summed E-state index contributed by atoms with van der Waals surface area (Å²) in [6.45, 7) is 0.948. The molecule has 1 aromatic heterocycles. The number of pyridine rings is 1. The third kappa shape index (κ3) is 3.60. The molecule has 1 N–H and O–H groups in total. The molecule has 2 aromatic carbocycles. The molecule has 6 heteroatoms. The van der Waals surface area contributed by atoms with Gasteiger partial charge in [0, 0.05) is 31.6 Å². The fourth-order valence-electron chi connectivity index (χ4n) is 3.39. The summed E-state index contributed by atoms with van der Waals surface area (Å²) in [5, 5.41) is 5.92. The number of amidine groups is 1. The van der Waals surface area contributed by atoms with Crippen LogP contribution in [0.25, 0.3) is 10.9 Å². The summed E-state index contributed by atoms with van der Waals surface area (Å²) in [6, 6.07) is 16.1. The molecule has 0 unspecified atom stereocenters. The van der Waals surface area contributed by atoms with Crippen molar-refractivity contribution in [2.24, 2.45) is 0 Å². The molecular formula is C21H21Cl2N4+. The summed E-state index contributed by atoms with van der Waals surface area (Å²) in [4.78, 5) is 6.76. The second-order valence-electron chi connectivity index (χ2n) is 6.86. The third-order valence-corrected chi connectivity index (χ3v) is 5.51. The maximum absolute atomic E-state index is 6.23. The lowest BCUT2D eigenvalue weighted by molar-refractivity contribution is -0.431. The second-order valence-corrected chi connectivity index (χ2v) is 7.68. The lowest BCUT2D eigenvalue weighted by atomic mass is 10.1. The van der Waals surface area contributed by atoms with Gasteiger partial charge in [0.25, 0.3) is 5.84 Å². The van der Waals surface area contributed by atoms with Gasteiger partial charge in [0.1, 0.15) is 17.2 Å². The molecule has 0 bridgehead atoms. The van der Waals surface area contributed by atoms with Gasteiger partial charge < -0.3 is 4.90 Å². The van der Waals surface area contributed by atoms with E-state index < -0.39 is 0 Å². The molecule has 0 spiro atoms. The minimum Gasteiger partial charge on any atom is -0.363 e. The van der Waals surface area contributed by atoms with Crippen molar-refractivity contribution in [1.82, 2.24) is 4.98 Å². The Hall–Kier alpha value is -2.30. The van der Waals surface area contributed by atoms with Crippen LogP contribution in [-0.4, -0.2) is 36.0 Å². The number of rotatable bonds is 3. The molecule has 27 heavy (non-hydrogen) atoms. The first kappa shape index (κ1) is 18.1. The molecule has 1 aliphatic rings. The number of anilines is 2. The van der Waals surface area contributed by atoms with Crippen LogP contribution in [0, 0.1) is 0 Å². The molecule has 4 rings (SSSR count). The molecule has 0 fully saturated rings. The fourth-order valence-corrected chi connectivity index (χ4v) is 3.68. The highest BCUT2D eigenvalue weighted by Crippen LogP contribution is 2.30. The minimum atomic E-state index is 0.574. The highest BCUT2D eigenvalue weighted by atomic mass is 35.5. The average Bonchev–Trinajstić information content (AvgIpc) is 3.12. The smallest absolute Gasteiger partial charge is 0.255 e. The Morgan fingerprint density at radius 3 is 2.63 bits per heavy atom. The molecule has 0 aliphatic carbocycles. The normalized spacial score (nSPS) is 14.1. The lowest BCUT2D eigenvalue weighted by Gasteiger charge is -2.14.